The predicted octanol–water partition coefficient (Wildman–Crippen LogP) is 4.91. The first-order valence-electron chi connectivity index (χ1n) is 10.2. The Morgan fingerprint density at radius 1 is 1.03 bits per heavy atom. The van der Waals surface area contributed by atoms with Crippen molar-refractivity contribution in [2.24, 2.45) is 0 Å². The van der Waals surface area contributed by atoms with Gasteiger partial charge in [0.25, 0.3) is 5.91 Å². The number of carbonyl (C=O) groups excluding carboxylic acids is 3. The lowest BCUT2D eigenvalue weighted by Gasteiger charge is -2.10. The number of esters is 1. The maximum Gasteiger partial charge on any atom is 0.340 e. The van der Waals surface area contributed by atoms with Gasteiger partial charge in [0.1, 0.15) is 0 Å². The second-order valence-corrected chi connectivity index (χ2v) is 7.95. The molecule has 0 saturated heterocycles. The maximum absolute atomic E-state index is 12.9. The number of aromatic nitrogens is 1. The zero-order chi connectivity index (χ0) is 23.2. The maximum atomic E-state index is 12.9. The Balaban J connectivity index is 1.48. The number of nitrogens with zero attached hydrogens (tertiary/aromatic N) is 2. The van der Waals surface area contributed by atoms with Gasteiger partial charge in [0.05, 0.1) is 29.3 Å². The molecule has 2 aromatic carbocycles. The summed E-state index contributed by atoms with van der Waals surface area (Å²) in [5, 5.41) is 15.8. The number of amides is 1. The SMILES string of the molecule is N#CCCn1cc(C(=O)COC(=O)c2ccccc2NC(=O)c2ccsc2)c2ccccc21. The van der Waals surface area contributed by atoms with Gasteiger partial charge in [0, 0.05) is 34.6 Å². The summed E-state index contributed by atoms with van der Waals surface area (Å²) in [5.41, 5.74) is 2.22. The molecule has 1 N–H and O–H groups in total. The average molecular weight is 458 g/mol. The van der Waals surface area contributed by atoms with Gasteiger partial charge in [0.2, 0.25) is 5.78 Å². The van der Waals surface area contributed by atoms with E-state index in [0.717, 1.165) is 10.9 Å². The van der Waals surface area contributed by atoms with Crippen LogP contribution >= 0.6 is 11.3 Å². The number of ether oxygens (including phenoxy) is 1. The van der Waals surface area contributed by atoms with Crippen LogP contribution < -0.4 is 5.32 Å². The number of hydrogen-bond donors (Lipinski definition) is 1. The number of aryl methyl sites for hydroxylation is 1. The van der Waals surface area contributed by atoms with E-state index in [1.807, 2.05) is 28.8 Å². The number of Topliss-reactive ketones (excluding diaryl/α,β-unsaturated/α-hetero) is 1. The number of benzene rings is 2. The van der Waals surface area contributed by atoms with Crippen LogP contribution in [0.5, 0.6) is 0 Å². The Labute approximate surface area is 193 Å². The number of fused-ring (bicyclic) bond motifs is 1. The number of thiophene rings is 1. The van der Waals surface area contributed by atoms with E-state index >= 15 is 0 Å². The molecule has 0 saturated carbocycles. The first-order valence-corrected chi connectivity index (χ1v) is 11.1. The van der Waals surface area contributed by atoms with Gasteiger partial charge in [-0.25, -0.2) is 4.79 Å². The summed E-state index contributed by atoms with van der Waals surface area (Å²) in [6, 6.07) is 17.7. The molecule has 0 radical (unpaired) electrons. The number of ketones is 1. The second-order valence-electron chi connectivity index (χ2n) is 7.17. The van der Waals surface area contributed by atoms with Crippen LogP contribution in [0.1, 0.15) is 37.5 Å². The van der Waals surface area contributed by atoms with Crippen LogP contribution in [0.2, 0.25) is 0 Å². The number of nitrogens with one attached hydrogen (secondary N) is 1. The van der Waals surface area contributed by atoms with Crippen molar-refractivity contribution in [2.45, 2.75) is 13.0 Å². The van der Waals surface area contributed by atoms with Gasteiger partial charge in [-0.2, -0.15) is 16.6 Å². The Morgan fingerprint density at radius 2 is 1.82 bits per heavy atom. The molecule has 0 unspecified atom stereocenters. The molecule has 1 amide bonds. The lowest BCUT2D eigenvalue weighted by Crippen LogP contribution is -2.18. The first-order chi connectivity index (χ1) is 16.1. The molecule has 7 nitrogen and oxygen atoms in total. The minimum Gasteiger partial charge on any atom is -0.454 e. The molecule has 0 aliphatic carbocycles. The largest absolute Gasteiger partial charge is 0.454 e. The number of rotatable bonds is 8. The second kappa shape index (κ2) is 9.94. The number of anilines is 1. The van der Waals surface area contributed by atoms with Crippen molar-refractivity contribution >= 4 is 45.6 Å². The molecule has 4 aromatic rings. The van der Waals surface area contributed by atoms with Crippen LogP contribution in [0, 0.1) is 11.3 Å². The van der Waals surface area contributed by atoms with Crippen molar-refractivity contribution in [1.29, 1.82) is 5.26 Å². The van der Waals surface area contributed by atoms with Gasteiger partial charge in [0.15, 0.2) is 6.61 Å². The summed E-state index contributed by atoms with van der Waals surface area (Å²) in [4.78, 5) is 38.0. The number of para-hydroxylation sites is 2. The van der Waals surface area contributed by atoms with Crippen molar-refractivity contribution < 1.29 is 19.1 Å². The van der Waals surface area contributed by atoms with Gasteiger partial charge in [-0.3, -0.25) is 9.59 Å². The average Bonchev–Trinajstić information content (AvgIpc) is 3.50. The first kappa shape index (κ1) is 22.0. The fourth-order valence-corrected chi connectivity index (χ4v) is 4.11. The Bertz CT molecular complexity index is 1370. The molecule has 0 bridgehead atoms. The molecule has 0 spiro atoms. The number of nitriles is 1. The third kappa shape index (κ3) is 4.84. The molecule has 2 aromatic heterocycles. The topological polar surface area (TPSA) is 101 Å². The van der Waals surface area contributed by atoms with Crippen LogP contribution in [0.15, 0.2) is 71.6 Å². The minimum atomic E-state index is -0.710. The van der Waals surface area contributed by atoms with Crippen LogP contribution in [0.3, 0.4) is 0 Å². The molecule has 164 valence electrons. The smallest absolute Gasteiger partial charge is 0.340 e. The highest BCUT2D eigenvalue weighted by Crippen LogP contribution is 2.23. The molecule has 33 heavy (non-hydrogen) atoms. The molecule has 0 aliphatic heterocycles. The fraction of sp³-hybridized carbons (Fsp3) is 0.120. The van der Waals surface area contributed by atoms with E-state index in [1.165, 1.54) is 17.4 Å². The van der Waals surface area contributed by atoms with Gasteiger partial charge >= 0.3 is 5.97 Å². The van der Waals surface area contributed by atoms with E-state index in [1.54, 1.807) is 41.2 Å². The molecule has 0 aliphatic rings. The number of carbonyl (C=O) groups is 3. The third-order valence-electron chi connectivity index (χ3n) is 5.07. The fourth-order valence-electron chi connectivity index (χ4n) is 3.47. The van der Waals surface area contributed by atoms with Gasteiger partial charge in [-0.05, 0) is 29.6 Å². The normalized spacial score (nSPS) is 10.5. The molecular weight excluding hydrogens is 438 g/mol. The molecule has 0 atom stereocenters. The van der Waals surface area contributed by atoms with E-state index in [9.17, 15) is 14.4 Å². The van der Waals surface area contributed by atoms with Crippen molar-refractivity contribution in [1.82, 2.24) is 4.57 Å². The van der Waals surface area contributed by atoms with E-state index in [4.69, 9.17) is 10.00 Å². The van der Waals surface area contributed by atoms with Crippen molar-refractivity contribution in [2.75, 3.05) is 11.9 Å². The standard InChI is InChI=1S/C25H19N3O4S/c26-11-5-12-28-14-20(18-6-2-4-9-22(18)28)23(29)15-32-25(31)19-7-1-3-8-21(19)27-24(30)17-10-13-33-16-17/h1-4,6-10,13-14,16H,5,12,15H2,(H,27,30). The van der Waals surface area contributed by atoms with Crippen LogP contribution in [0.25, 0.3) is 10.9 Å². The van der Waals surface area contributed by atoms with Gasteiger partial charge < -0.3 is 14.6 Å². The Morgan fingerprint density at radius 3 is 2.61 bits per heavy atom. The summed E-state index contributed by atoms with van der Waals surface area (Å²) in [7, 11) is 0. The van der Waals surface area contributed by atoms with E-state index in [2.05, 4.69) is 11.4 Å². The highest BCUT2D eigenvalue weighted by atomic mass is 32.1. The highest BCUT2D eigenvalue weighted by molar-refractivity contribution is 7.08. The molecular formula is C25H19N3O4S. The highest BCUT2D eigenvalue weighted by Gasteiger charge is 2.19. The van der Waals surface area contributed by atoms with E-state index in [-0.39, 0.29) is 17.3 Å². The van der Waals surface area contributed by atoms with Crippen LogP contribution in [-0.2, 0) is 11.3 Å². The minimum absolute atomic E-state index is 0.158. The van der Waals surface area contributed by atoms with Crippen molar-refractivity contribution in [3.8, 4) is 6.07 Å². The summed E-state index contributed by atoms with van der Waals surface area (Å²) in [5.74, 6) is -1.40. The summed E-state index contributed by atoms with van der Waals surface area (Å²) >= 11 is 1.40. The van der Waals surface area contributed by atoms with Crippen LogP contribution in [0.4, 0.5) is 5.69 Å². The monoisotopic (exact) mass is 457 g/mol. The zero-order valence-corrected chi connectivity index (χ0v) is 18.3. The molecule has 8 heteroatoms. The third-order valence-corrected chi connectivity index (χ3v) is 5.75. The van der Waals surface area contributed by atoms with Crippen molar-refractivity contribution in [3.63, 3.8) is 0 Å². The zero-order valence-electron chi connectivity index (χ0n) is 17.5. The van der Waals surface area contributed by atoms with E-state index < -0.39 is 12.6 Å². The number of hydrogen-bond acceptors (Lipinski definition) is 6. The molecule has 0 fully saturated rings. The lowest BCUT2D eigenvalue weighted by molar-refractivity contribution is 0.0476. The van der Waals surface area contributed by atoms with Crippen LogP contribution in [-0.4, -0.2) is 28.8 Å². The lowest BCUT2D eigenvalue weighted by atomic mass is 10.1. The Hall–Kier alpha value is -4.22. The quantitative estimate of drug-likeness (QED) is 0.299. The summed E-state index contributed by atoms with van der Waals surface area (Å²) < 4.78 is 7.15. The van der Waals surface area contributed by atoms with Gasteiger partial charge in [-0.1, -0.05) is 30.3 Å². The Kier molecular flexibility index (Phi) is 6.62. The van der Waals surface area contributed by atoms with E-state index in [0.29, 0.717) is 29.8 Å². The predicted molar refractivity (Wildman–Crippen MR) is 125 cm³/mol. The van der Waals surface area contributed by atoms with Gasteiger partial charge in [-0.15, -0.1) is 0 Å². The molecule has 2 heterocycles. The molecule has 4 rings (SSSR count). The van der Waals surface area contributed by atoms with Crippen molar-refractivity contribution in [3.05, 3.63) is 88.2 Å². The summed E-state index contributed by atoms with van der Waals surface area (Å²) in [6.07, 6.45) is 2.00. The summed E-state index contributed by atoms with van der Waals surface area (Å²) in [6.45, 7) is 0.0131.